The van der Waals surface area contributed by atoms with Crippen molar-refractivity contribution >= 4 is 29.2 Å². The van der Waals surface area contributed by atoms with Crippen LogP contribution >= 0.6 is 11.3 Å². The Morgan fingerprint density at radius 2 is 2.00 bits per heavy atom. The van der Waals surface area contributed by atoms with Crippen LogP contribution in [0.1, 0.15) is 28.2 Å². The highest BCUT2D eigenvalue weighted by molar-refractivity contribution is 7.17. The van der Waals surface area contributed by atoms with E-state index < -0.39 is 12.0 Å². The molecular weight excluding hydrogens is 328 g/mol. The average molecular weight is 344 g/mol. The van der Waals surface area contributed by atoms with Crippen LogP contribution in [-0.2, 0) is 6.42 Å². The van der Waals surface area contributed by atoms with Crippen molar-refractivity contribution in [3.05, 3.63) is 28.9 Å². The molecule has 8 heteroatoms. The van der Waals surface area contributed by atoms with Crippen molar-refractivity contribution in [3.8, 4) is 10.6 Å². The number of amides is 2. The van der Waals surface area contributed by atoms with E-state index in [4.69, 9.17) is 5.11 Å². The van der Waals surface area contributed by atoms with E-state index in [1.807, 2.05) is 12.1 Å². The van der Waals surface area contributed by atoms with Gasteiger partial charge in [0, 0.05) is 37.8 Å². The Morgan fingerprint density at radius 3 is 2.67 bits per heavy atom. The molecule has 124 valence electrons. The van der Waals surface area contributed by atoms with Crippen molar-refractivity contribution < 1.29 is 14.7 Å². The van der Waals surface area contributed by atoms with Crippen molar-refractivity contribution in [2.45, 2.75) is 19.3 Å². The van der Waals surface area contributed by atoms with Gasteiger partial charge in [-0.3, -0.25) is 4.79 Å². The number of rotatable bonds is 2. The van der Waals surface area contributed by atoms with E-state index in [2.05, 4.69) is 14.9 Å². The first kappa shape index (κ1) is 15.1. The van der Waals surface area contributed by atoms with Gasteiger partial charge in [0.25, 0.3) is 5.91 Å². The van der Waals surface area contributed by atoms with Crippen LogP contribution in [0.3, 0.4) is 0 Å². The van der Waals surface area contributed by atoms with Crippen LogP contribution in [0.25, 0.3) is 10.6 Å². The van der Waals surface area contributed by atoms with Crippen LogP contribution in [-0.4, -0.2) is 51.6 Å². The summed E-state index contributed by atoms with van der Waals surface area (Å²) in [5, 5.41) is 9.78. The summed E-state index contributed by atoms with van der Waals surface area (Å²) < 4.78 is 0. The van der Waals surface area contributed by atoms with E-state index in [1.165, 1.54) is 24.2 Å². The molecule has 7 nitrogen and oxygen atoms in total. The Morgan fingerprint density at radius 1 is 1.21 bits per heavy atom. The van der Waals surface area contributed by atoms with Crippen LogP contribution in [0, 0.1) is 0 Å². The Kier molecular flexibility index (Phi) is 3.68. The van der Waals surface area contributed by atoms with Crippen LogP contribution in [0.4, 0.5) is 10.6 Å². The molecule has 0 saturated carbocycles. The third kappa shape index (κ3) is 2.52. The second kappa shape index (κ2) is 5.86. The second-order valence-electron chi connectivity index (χ2n) is 5.88. The highest BCUT2D eigenvalue weighted by atomic mass is 32.1. The Balaban J connectivity index is 1.61. The number of aromatic nitrogens is 2. The minimum absolute atomic E-state index is 0.163. The zero-order valence-corrected chi connectivity index (χ0v) is 13.8. The molecule has 0 radical (unpaired) electrons. The Labute approximate surface area is 142 Å². The van der Waals surface area contributed by atoms with Gasteiger partial charge in [0.1, 0.15) is 15.7 Å². The van der Waals surface area contributed by atoms with Crippen LogP contribution in [0.2, 0.25) is 0 Å². The molecule has 0 aromatic carbocycles. The molecule has 0 unspecified atom stereocenters. The zero-order chi connectivity index (χ0) is 16.7. The van der Waals surface area contributed by atoms with Crippen molar-refractivity contribution in [2.75, 3.05) is 24.5 Å². The van der Waals surface area contributed by atoms with Crippen molar-refractivity contribution in [1.29, 1.82) is 0 Å². The maximum Gasteiger partial charge on any atom is 0.414 e. The number of carboxylic acid groups (broad SMARTS) is 1. The number of anilines is 1. The summed E-state index contributed by atoms with van der Waals surface area (Å²) in [7, 11) is 0. The first-order valence-electron chi connectivity index (χ1n) is 7.89. The van der Waals surface area contributed by atoms with Crippen molar-refractivity contribution in [2.24, 2.45) is 0 Å². The van der Waals surface area contributed by atoms with Gasteiger partial charge < -0.3 is 10.0 Å². The van der Waals surface area contributed by atoms with Crippen LogP contribution in [0.15, 0.2) is 18.3 Å². The van der Waals surface area contributed by atoms with E-state index in [1.54, 1.807) is 6.20 Å². The van der Waals surface area contributed by atoms with Crippen molar-refractivity contribution in [1.82, 2.24) is 14.9 Å². The van der Waals surface area contributed by atoms with Gasteiger partial charge in [-0.1, -0.05) is 0 Å². The van der Waals surface area contributed by atoms with Crippen LogP contribution in [0.5, 0.6) is 0 Å². The number of pyridine rings is 1. The maximum atomic E-state index is 12.2. The highest BCUT2D eigenvalue weighted by Crippen LogP contribution is 2.32. The quantitative estimate of drug-likeness (QED) is 0.901. The van der Waals surface area contributed by atoms with E-state index in [0.717, 1.165) is 29.4 Å². The topological polar surface area (TPSA) is 86.6 Å². The fraction of sp³-hybridized carbons (Fsp3) is 0.375. The summed E-state index contributed by atoms with van der Waals surface area (Å²) in [6.45, 7) is 2.24. The predicted octanol–water partition coefficient (Wildman–Crippen LogP) is 2.48. The zero-order valence-electron chi connectivity index (χ0n) is 12.9. The van der Waals surface area contributed by atoms with Gasteiger partial charge in [-0.15, -0.1) is 11.3 Å². The fourth-order valence-corrected chi connectivity index (χ4v) is 4.13. The maximum absolute atomic E-state index is 12.2. The molecule has 0 aliphatic carbocycles. The molecule has 4 heterocycles. The highest BCUT2D eigenvalue weighted by Gasteiger charge is 2.32. The molecule has 4 rings (SSSR count). The number of fused-ring (bicyclic) bond motifs is 1. The third-order valence-corrected chi connectivity index (χ3v) is 5.50. The molecular formula is C16H16N4O3S. The monoisotopic (exact) mass is 344 g/mol. The molecule has 2 aromatic rings. The summed E-state index contributed by atoms with van der Waals surface area (Å²) in [6, 6.07) is 3.94. The molecule has 1 fully saturated rings. The van der Waals surface area contributed by atoms with Gasteiger partial charge in [-0.25, -0.2) is 19.7 Å². The molecule has 2 aromatic heterocycles. The summed E-state index contributed by atoms with van der Waals surface area (Å²) in [4.78, 5) is 35.9. The van der Waals surface area contributed by atoms with Gasteiger partial charge in [0.15, 0.2) is 0 Å². The van der Waals surface area contributed by atoms with Crippen LogP contribution < -0.4 is 4.90 Å². The SMILES string of the molecule is O=C(O)N1CCc2nc(-c3ccc(N4CCCC4)nc3)sc2C1=O. The van der Waals surface area contributed by atoms with E-state index in [0.29, 0.717) is 22.0 Å². The average Bonchev–Trinajstić information content (AvgIpc) is 3.25. The standard InChI is InChI=1S/C16H16N4O3S/c21-15-13-11(5-8-20(15)16(22)23)18-14(24-13)10-3-4-12(17-9-10)19-6-1-2-7-19/h3-4,9H,1-2,5-8H2,(H,22,23). The minimum Gasteiger partial charge on any atom is -0.465 e. The molecule has 0 atom stereocenters. The number of carbonyl (C=O) groups excluding carboxylic acids is 1. The second-order valence-corrected chi connectivity index (χ2v) is 6.88. The lowest BCUT2D eigenvalue weighted by atomic mass is 10.2. The lowest BCUT2D eigenvalue weighted by molar-refractivity contribution is 0.0731. The third-order valence-electron chi connectivity index (χ3n) is 4.36. The predicted molar refractivity (Wildman–Crippen MR) is 89.6 cm³/mol. The molecule has 0 spiro atoms. The molecule has 24 heavy (non-hydrogen) atoms. The smallest absolute Gasteiger partial charge is 0.414 e. The summed E-state index contributed by atoms with van der Waals surface area (Å²) in [6.07, 6.45) is 3.42. The molecule has 2 aliphatic heterocycles. The van der Waals surface area contributed by atoms with E-state index >= 15 is 0 Å². The number of nitrogens with zero attached hydrogens (tertiary/aromatic N) is 4. The number of hydrogen-bond acceptors (Lipinski definition) is 6. The number of imide groups is 1. The minimum atomic E-state index is -1.21. The first-order chi connectivity index (χ1) is 11.6. The number of hydrogen-bond donors (Lipinski definition) is 1. The molecule has 2 aliphatic rings. The fourth-order valence-electron chi connectivity index (χ4n) is 3.08. The van der Waals surface area contributed by atoms with Gasteiger partial charge in [-0.2, -0.15) is 0 Å². The molecule has 0 bridgehead atoms. The van der Waals surface area contributed by atoms with Gasteiger partial charge in [0.05, 0.1) is 5.69 Å². The Hall–Kier alpha value is -2.48. The first-order valence-corrected chi connectivity index (χ1v) is 8.71. The van der Waals surface area contributed by atoms with E-state index in [9.17, 15) is 9.59 Å². The summed E-state index contributed by atoms with van der Waals surface area (Å²) in [5.74, 6) is 0.486. The number of thiazole rings is 1. The lowest BCUT2D eigenvalue weighted by Crippen LogP contribution is -2.40. The summed E-state index contributed by atoms with van der Waals surface area (Å²) >= 11 is 1.24. The van der Waals surface area contributed by atoms with Gasteiger partial charge in [-0.05, 0) is 25.0 Å². The normalized spacial score (nSPS) is 17.2. The van der Waals surface area contributed by atoms with E-state index in [-0.39, 0.29) is 6.54 Å². The van der Waals surface area contributed by atoms with Gasteiger partial charge >= 0.3 is 6.09 Å². The largest absolute Gasteiger partial charge is 0.465 e. The molecule has 1 N–H and O–H groups in total. The van der Waals surface area contributed by atoms with Gasteiger partial charge in [0.2, 0.25) is 0 Å². The van der Waals surface area contributed by atoms with Crippen molar-refractivity contribution in [3.63, 3.8) is 0 Å². The summed E-state index contributed by atoms with van der Waals surface area (Å²) in [5.41, 5.74) is 1.54. The Bertz CT molecular complexity index is 796. The molecule has 2 amide bonds. The lowest BCUT2D eigenvalue weighted by Gasteiger charge is -2.20. The molecule has 1 saturated heterocycles. The number of carbonyl (C=O) groups is 2.